The predicted molar refractivity (Wildman–Crippen MR) is 69.5 cm³/mol. The second kappa shape index (κ2) is 4.81. The summed E-state index contributed by atoms with van der Waals surface area (Å²) in [6.45, 7) is 1.69. The number of anilines is 2. The van der Waals surface area contributed by atoms with Gasteiger partial charge in [-0.3, -0.25) is 0 Å². The molecule has 0 radical (unpaired) electrons. The maximum absolute atomic E-state index is 12.2. The first kappa shape index (κ1) is 13.2. The minimum Gasteiger partial charge on any atom is -0.495 e. The van der Waals surface area contributed by atoms with Crippen molar-refractivity contribution in [1.82, 2.24) is 4.98 Å². The van der Waals surface area contributed by atoms with Gasteiger partial charge in [0.05, 0.1) is 12.8 Å². The largest absolute Gasteiger partial charge is 0.495 e. The number of aryl methyl sites for hydroxylation is 1. The minimum atomic E-state index is -3.85. The molecule has 0 bridgehead atoms. The van der Waals surface area contributed by atoms with Crippen molar-refractivity contribution < 1.29 is 17.6 Å². The monoisotopic (exact) mass is 283 g/mol. The van der Waals surface area contributed by atoms with Crippen LogP contribution in [0, 0.1) is 6.92 Å². The van der Waals surface area contributed by atoms with E-state index in [2.05, 4.69) is 9.71 Å². The van der Waals surface area contributed by atoms with Gasteiger partial charge in [-0.25, -0.2) is 13.1 Å². The molecule has 0 fully saturated rings. The Bertz CT molecular complexity index is 694. The van der Waals surface area contributed by atoms with Gasteiger partial charge in [0.1, 0.15) is 16.9 Å². The molecule has 0 aliphatic heterocycles. The average molecular weight is 283 g/mol. The molecule has 0 amide bonds. The zero-order valence-corrected chi connectivity index (χ0v) is 11.2. The van der Waals surface area contributed by atoms with Gasteiger partial charge in [0.15, 0.2) is 0 Å². The third kappa shape index (κ3) is 2.79. The van der Waals surface area contributed by atoms with E-state index in [4.69, 9.17) is 14.9 Å². The Balaban J connectivity index is 2.39. The number of sulfonamides is 1. The number of nitrogen functional groups attached to an aromatic ring is 1. The smallest absolute Gasteiger partial charge is 0.309 e. The van der Waals surface area contributed by atoms with Crippen molar-refractivity contribution in [1.29, 1.82) is 0 Å². The summed E-state index contributed by atoms with van der Waals surface area (Å²) in [6.07, 6.45) is 1.35. The highest BCUT2D eigenvalue weighted by molar-refractivity contribution is 7.92. The highest BCUT2D eigenvalue weighted by Gasteiger charge is 2.21. The molecule has 0 aliphatic rings. The quantitative estimate of drug-likeness (QED) is 0.821. The number of rotatable bonds is 4. The van der Waals surface area contributed by atoms with Crippen molar-refractivity contribution in [2.24, 2.45) is 0 Å². The molecule has 0 spiro atoms. The fourth-order valence-corrected chi connectivity index (χ4v) is 2.56. The Morgan fingerprint density at radius 2 is 2.16 bits per heavy atom. The standard InChI is InChI=1S/C11H13N3O4S/c1-7-6-18-11(13-7)14-19(15,16)10-4-3-8(12)5-9(10)17-2/h3-6H,12H2,1-2H3,(H,13,14). The lowest BCUT2D eigenvalue weighted by Crippen LogP contribution is -2.14. The van der Waals surface area contributed by atoms with Crippen molar-refractivity contribution in [3.63, 3.8) is 0 Å². The van der Waals surface area contributed by atoms with E-state index in [-0.39, 0.29) is 16.7 Å². The zero-order chi connectivity index (χ0) is 14.0. The Morgan fingerprint density at radius 3 is 2.74 bits per heavy atom. The zero-order valence-electron chi connectivity index (χ0n) is 10.4. The molecular weight excluding hydrogens is 270 g/mol. The number of hydrogen-bond donors (Lipinski definition) is 2. The average Bonchev–Trinajstić information content (AvgIpc) is 2.73. The van der Waals surface area contributed by atoms with Crippen LogP contribution in [0.1, 0.15) is 5.69 Å². The SMILES string of the molecule is COc1cc(N)ccc1S(=O)(=O)Nc1nc(C)co1. The number of methoxy groups -OCH3 is 1. The van der Waals surface area contributed by atoms with E-state index >= 15 is 0 Å². The number of benzene rings is 1. The molecule has 0 aliphatic carbocycles. The number of nitrogens with one attached hydrogen (secondary N) is 1. The van der Waals surface area contributed by atoms with E-state index in [1.807, 2.05) is 0 Å². The van der Waals surface area contributed by atoms with Crippen LogP contribution in [0.3, 0.4) is 0 Å². The summed E-state index contributed by atoms with van der Waals surface area (Å²) in [5.41, 5.74) is 6.55. The lowest BCUT2D eigenvalue weighted by Gasteiger charge is -2.09. The van der Waals surface area contributed by atoms with Crippen LogP contribution in [-0.2, 0) is 10.0 Å². The van der Waals surface area contributed by atoms with Crippen molar-refractivity contribution in [3.05, 3.63) is 30.2 Å². The van der Waals surface area contributed by atoms with Crippen LogP contribution in [0.4, 0.5) is 11.7 Å². The molecule has 2 rings (SSSR count). The van der Waals surface area contributed by atoms with E-state index in [9.17, 15) is 8.42 Å². The highest BCUT2D eigenvalue weighted by atomic mass is 32.2. The van der Waals surface area contributed by atoms with Gasteiger partial charge in [0.25, 0.3) is 10.0 Å². The summed E-state index contributed by atoms with van der Waals surface area (Å²) >= 11 is 0. The Hall–Kier alpha value is -2.22. The third-order valence-electron chi connectivity index (χ3n) is 2.32. The molecule has 0 atom stereocenters. The number of nitrogens with two attached hydrogens (primary N) is 1. The van der Waals surface area contributed by atoms with Crippen LogP contribution >= 0.6 is 0 Å². The summed E-state index contributed by atoms with van der Waals surface area (Å²) in [5, 5.41) is 0. The molecular formula is C11H13N3O4S. The van der Waals surface area contributed by atoms with Gasteiger partial charge in [0, 0.05) is 11.8 Å². The molecule has 1 aromatic carbocycles. The molecule has 19 heavy (non-hydrogen) atoms. The maximum Gasteiger partial charge on any atom is 0.309 e. The van der Waals surface area contributed by atoms with Gasteiger partial charge >= 0.3 is 6.01 Å². The Labute approximate surface area is 110 Å². The van der Waals surface area contributed by atoms with Gasteiger partial charge in [0.2, 0.25) is 0 Å². The number of oxazole rings is 1. The summed E-state index contributed by atoms with van der Waals surface area (Å²) in [7, 11) is -2.48. The molecule has 7 nitrogen and oxygen atoms in total. The van der Waals surface area contributed by atoms with Gasteiger partial charge in [-0.05, 0) is 19.1 Å². The summed E-state index contributed by atoms with van der Waals surface area (Å²) < 4.78 is 36.5. The predicted octanol–water partition coefficient (Wildman–Crippen LogP) is 1.37. The molecule has 8 heteroatoms. The van der Waals surface area contributed by atoms with E-state index in [1.165, 1.54) is 31.6 Å². The first-order valence-electron chi connectivity index (χ1n) is 5.31. The Kier molecular flexibility index (Phi) is 3.34. The fraction of sp³-hybridized carbons (Fsp3) is 0.182. The van der Waals surface area contributed by atoms with Gasteiger partial charge in [-0.1, -0.05) is 0 Å². The van der Waals surface area contributed by atoms with E-state index in [1.54, 1.807) is 6.92 Å². The molecule has 2 aromatic rings. The van der Waals surface area contributed by atoms with E-state index in [0.717, 1.165) is 0 Å². The second-order valence-corrected chi connectivity index (χ2v) is 5.46. The summed E-state index contributed by atoms with van der Waals surface area (Å²) in [6, 6.07) is 4.15. The summed E-state index contributed by atoms with van der Waals surface area (Å²) in [4.78, 5) is 3.83. The molecule has 0 saturated carbocycles. The molecule has 3 N–H and O–H groups in total. The normalized spacial score (nSPS) is 11.3. The number of ether oxygens (including phenoxy) is 1. The van der Waals surface area contributed by atoms with Crippen LogP contribution in [0.15, 0.2) is 33.8 Å². The van der Waals surface area contributed by atoms with Crippen LogP contribution in [0.2, 0.25) is 0 Å². The number of hydrogen-bond acceptors (Lipinski definition) is 6. The van der Waals surface area contributed by atoms with Crippen LogP contribution in [-0.4, -0.2) is 20.5 Å². The molecule has 1 heterocycles. The fourth-order valence-electron chi connectivity index (χ4n) is 1.48. The van der Waals surface area contributed by atoms with Gasteiger partial charge < -0.3 is 14.9 Å². The van der Waals surface area contributed by atoms with Crippen LogP contribution in [0.5, 0.6) is 5.75 Å². The lowest BCUT2D eigenvalue weighted by atomic mass is 10.3. The second-order valence-electron chi connectivity index (χ2n) is 3.81. The third-order valence-corrected chi connectivity index (χ3v) is 3.68. The molecule has 1 aromatic heterocycles. The van der Waals surface area contributed by atoms with Gasteiger partial charge in [-0.15, -0.1) is 0 Å². The first-order chi connectivity index (χ1) is 8.92. The topological polar surface area (TPSA) is 107 Å². The number of aromatic nitrogens is 1. The lowest BCUT2D eigenvalue weighted by molar-refractivity contribution is 0.403. The van der Waals surface area contributed by atoms with Crippen molar-refractivity contribution in [3.8, 4) is 5.75 Å². The van der Waals surface area contributed by atoms with Crippen molar-refractivity contribution >= 4 is 21.7 Å². The highest BCUT2D eigenvalue weighted by Crippen LogP contribution is 2.27. The minimum absolute atomic E-state index is 0.0416. The molecule has 0 saturated heterocycles. The van der Waals surface area contributed by atoms with Crippen LogP contribution < -0.4 is 15.2 Å². The summed E-state index contributed by atoms with van der Waals surface area (Å²) in [5.74, 6) is 0.149. The maximum atomic E-state index is 12.2. The van der Waals surface area contributed by atoms with Gasteiger partial charge in [-0.2, -0.15) is 4.98 Å². The van der Waals surface area contributed by atoms with E-state index < -0.39 is 10.0 Å². The van der Waals surface area contributed by atoms with E-state index in [0.29, 0.717) is 11.4 Å². The molecule has 102 valence electrons. The Morgan fingerprint density at radius 1 is 1.42 bits per heavy atom. The van der Waals surface area contributed by atoms with Crippen molar-refractivity contribution in [2.45, 2.75) is 11.8 Å². The first-order valence-corrected chi connectivity index (χ1v) is 6.79. The van der Waals surface area contributed by atoms with Crippen molar-refractivity contribution in [2.75, 3.05) is 17.6 Å². The van der Waals surface area contributed by atoms with Crippen LogP contribution in [0.25, 0.3) is 0 Å². The number of nitrogens with zero attached hydrogens (tertiary/aromatic N) is 1. The molecule has 0 unspecified atom stereocenters.